The number of carbonyl (C=O) groups excluding carboxylic acids is 1. The van der Waals surface area contributed by atoms with E-state index in [0.29, 0.717) is 6.42 Å². The van der Waals surface area contributed by atoms with Crippen molar-refractivity contribution >= 4 is 17.2 Å². The molecule has 0 bridgehead atoms. The third-order valence-corrected chi connectivity index (χ3v) is 4.68. The van der Waals surface area contributed by atoms with Gasteiger partial charge in [-0.1, -0.05) is 6.07 Å². The van der Waals surface area contributed by atoms with Crippen molar-refractivity contribution in [2.45, 2.75) is 19.3 Å². The van der Waals surface area contributed by atoms with Gasteiger partial charge < -0.3 is 15.1 Å². The Morgan fingerprint density at radius 1 is 1.35 bits per heavy atom. The molecule has 0 aliphatic carbocycles. The maximum atomic E-state index is 11.7. The zero-order valence-electron chi connectivity index (χ0n) is 12.3. The molecule has 112 valence electrons. The smallest absolute Gasteiger partial charge is 0.220 e. The van der Waals surface area contributed by atoms with Crippen LogP contribution in [-0.4, -0.2) is 62.0 Å². The van der Waals surface area contributed by atoms with Crippen molar-refractivity contribution < 1.29 is 4.79 Å². The summed E-state index contributed by atoms with van der Waals surface area (Å²) in [5.41, 5.74) is 0. The van der Waals surface area contributed by atoms with E-state index in [9.17, 15) is 4.79 Å². The van der Waals surface area contributed by atoms with Crippen molar-refractivity contribution in [3.8, 4) is 0 Å². The van der Waals surface area contributed by atoms with Crippen LogP contribution in [0.4, 0.5) is 0 Å². The normalized spacial score (nSPS) is 17.2. The molecule has 0 radical (unpaired) electrons. The van der Waals surface area contributed by atoms with Gasteiger partial charge in [-0.25, -0.2) is 0 Å². The van der Waals surface area contributed by atoms with Crippen LogP contribution in [0.1, 0.15) is 17.7 Å². The van der Waals surface area contributed by atoms with Crippen LogP contribution in [0, 0.1) is 0 Å². The summed E-state index contributed by atoms with van der Waals surface area (Å²) in [6, 6.07) is 4.12. The van der Waals surface area contributed by atoms with Crippen molar-refractivity contribution in [3.05, 3.63) is 22.4 Å². The number of piperazine rings is 1. The van der Waals surface area contributed by atoms with Crippen molar-refractivity contribution in [3.63, 3.8) is 0 Å². The minimum Gasteiger partial charge on any atom is -0.356 e. The lowest BCUT2D eigenvalue weighted by atomic mass is 10.2. The number of hydrogen-bond acceptors (Lipinski definition) is 4. The van der Waals surface area contributed by atoms with Gasteiger partial charge in [-0.3, -0.25) is 4.79 Å². The summed E-state index contributed by atoms with van der Waals surface area (Å²) in [6.45, 7) is 6.53. The Hall–Kier alpha value is -0.910. The summed E-state index contributed by atoms with van der Waals surface area (Å²) < 4.78 is 0. The monoisotopic (exact) mass is 295 g/mol. The molecular weight excluding hydrogens is 270 g/mol. The van der Waals surface area contributed by atoms with Crippen LogP contribution in [0.5, 0.6) is 0 Å². The molecule has 1 aliphatic rings. The molecule has 20 heavy (non-hydrogen) atoms. The maximum absolute atomic E-state index is 11.7. The first kappa shape index (κ1) is 15.5. The molecule has 1 saturated heterocycles. The van der Waals surface area contributed by atoms with Gasteiger partial charge >= 0.3 is 0 Å². The summed E-state index contributed by atoms with van der Waals surface area (Å²) in [6.07, 6.45) is 2.52. The third-order valence-electron chi connectivity index (χ3n) is 3.75. The molecule has 0 saturated carbocycles. The first-order valence-electron chi connectivity index (χ1n) is 7.44. The molecule has 1 N–H and O–H groups in total. The summed E-state index contributed by atoms with van der Waals surface area (Å²) in [4.78, 5) is 17.8. The molecule has 1 fully saturated rings. The van der Waals surface area contributed by atoms with E-state index in [1.807, 2.05) is 6.07 Å². The highest BCUT2D eigenvalue weighted by atomic mass is 32.1. The number of hydrogen-bond donors (Lipinski definition) is 1. The summed E-state index contributed by atoms with van der Waals surface area (Å²) in [5.74, 6) is 0.178. The number of nitrogens with zero attached hydrogens (tertiary/aromatic N) is 2. The van der Waals surface area contributed by atoms with E-state index < -0.39 is 0 Å². The van der Waals surface area contributed by atoms with Crippen molar-refractivity contribution in [2.75, 3.05) is 46.3 Å². The Morgan fingerprint density at radius 2 is 2.15 bits per heavy atom. The second-order valence-electron chi connectivity index (χ2n) is 5.43. The standard InChI is InChI=1S/C15H25N3OS/c1-17-9-11-18(12-10-17)8-3-7-16-15(19)6-5-14-4-2-13-20-14/h2,4,13H,3,5-12H2,1H3,(H,16,19). The SMILES string of the molecule is CN1CCN(CCCNC(=O)CCc2cccs2)CC1. The van der Waals surface area contributed by atoms with Gasteiger partial charge in [-0.2, -0.15) is 0 Å². The van der Waals surface area contributed by atoms with Crippen LogP contribution in [0.2, 0.25) is 0 Å². The van der Waals surface area contributed by atoms with Crippen molar-refractivity contribution in [1.82, 2.24) is 15.1 Å². The predicted octanol–water partition coefficient (Wildman–Crippen LogP) is 1.43. The number of aryl methyl sites for hydroxylation is 1. The van der Waals surface area contributed by atoms with Gasteiger partial charge in [0.15, 0.2) is 0 Å². The summed E-state index contributed by atoms with van der Waals surface area (Å²) in [7, 11) is 2.17. The molecule has 4 nitrogen and oxygen atoms in total. The molecule has 2 heterocycles. The lowest BCUT2D eigenvalue weighted by Crippen LogP contribution is -2.45. The van der Waals surface area contributed by atoms with Gasteiger partial charge in [0.2, 0.25) is 5.91 Å². The van der Waals surface area contributed by atoms with Crippen LogP contribution < -0.4 is 5.32 Å². The van der Waals surface area contributed by atoms with Crippen molar-refractivity contribution in [1.29, 1.82) is 0 Å². The lowest BCUT2D eigenvalue weighted by molar-refractivity contribution is -0.121. The van der Waals surface area contributed by atoms with Gasteiger partial charge in [0.1, 0.15) is 0 Å². The minimum atomic E-state index is 0.178. The number of amides is 1. The number of likely N-dealkylation sites (N-methyl/N-ethyl adjacent to an activating group) is 1. The highest BCUT2D eigenvalue weighted by Gasteiger charge is 2.12. The Morgan fingerprint density at radius 3 is 2.85 bits per heavy atom. The van der Waals surface area contributed by atoms with Gasteiger partial charge in [0, 0.05) is 44.0 Å². The van der Waals surface area contributed by atoms with Gasteiger partial charge in [0.25, 0.3) is 0 Å². The van der Waals surface area contributed by atoms with E-state index in [1.54, 1.807) is 11.3 Å². The van der Waals surface area contributed by atoms with E-state index in [4.69, 9.17) is 0 Å². The molecule has 1 aromatic rings. The van der Waals surface area contributed by atoms with Crippen LogP contribution in [0.25, 0.3) is 0 Å². The molecule has 0 spiro atoms. The average Bonchev–Trinajstić information content (AvgIpc) is 2.96. The molecule has 1 amide bonds. The number of nitrogens with one attached hydrogen (secondary N) is 1. The van der Waals surface area contributed by atoms with E-state index in [1.165, 1.54) is 4.88 Å². The molecule has 2 rings (SSSR count). The fourth-order valence-electron chi connectivity index (χ4n) is 2.38. The average molecular weight is 295 g/mol. The predicted molar refractivity (Wildman–Crippen MR) is 84.2 cm³/mol. The molecular formula is C15H25N3OS. The van der Waals surface area contributed by atoms with Crippen LogP contribution in [-0.2, 0) is 11.2 Å². The van der Waals surface area contributed by atoms with Crippen LogP contribution >= 0.6 is 11.3 Å². The number of thiophene rings is 1. The maximum Gasteiger partial charge on any atom is 0.220 e. The highest BCUT2D eigenvalue weighted by Crippen LogP contribution is 2.10. The molecule has 1 aliphatic heterocycles. The van der Waals surface area contributed by atoms with Crippen LogP contribution in [0.15, 0.2) is 17.5 Å². The Labute approximate surface area is 125 Å². The molecule has 0 atom stereocenters. The van der Waals surface area contributed by atoms with E-state index >= 15 is 0 Å². The van der Waals surface area contributed by atoms with E-state index in [2.05, 4.69) is 33.6 Å². The van der Waals surface area contributed by atoms with Gasteiger partial charge in [-0.15, -0.1) is 11.3 Å². The summed E-state index contributed by atoms with van der Waals surface area (Å²) in [5, 5.41) is 5.08. The second kappa shape index (κ2) is 8.39. The first-order chi connectivity index (χ1) is 9.74. The number of carbonyl (C=O) groups is 1. The minimum absolute atomic E-state index is 0.178. The largest absolute Gasteiger partial charge is 0.356 e. The zero-order valence-corrected chi connectivity index (χ0v) is 13.1. The Balaban J connectivity index is 1.49. The zero-order chi connectivity index (χ0) is 14.2. The molecule has 1 aromatic heterocycles. The van der Waals surface area contributed by atoms with Gasteiger partial charge in [0.05, 0.1) is 0 Å². The quantitative estimate of drug-likeness (QED) is 0.773. The Bertz CT molecular complexity index is 386. The first-order valence-corrected chi connectivity index (χ1v) is 8.32. The van der Waals surface area contributed by atoms with E-state index in [-0.39, 0.29) is 5.91 Å². The lowest BCUT2D eigenvalue weighted by Gasteiger charge is -2.32. The fraction of sp³-hybridized carbons (Fsp3) is 0.667. The molecule has 0 unspecified atom stereocenters. The topological polar surface area (TPSA) is 35.6 Å². The highest BCUT2D eigenvalue weighted by molar-refractivity contribution is 7.09. The van der Waals surface area contributed by atoms with E-state index in [0.717, 1.165) is 52.1 Å². The Kier molecular flexibility index (Phi) is 6.50. The number of rotatable bonds is 7. The molecule has 0 aromatic carbocycles. The fourth-order valence-corrected chi connectivity index (χ4v) is 3.09. The summed E-state index contributed by atoms with van der Waals surface area (Å²) >= 11 is 1.72. The van der Waals surface area contributed by atoms with Crippen molar-refractivity contribution in [2.24, 2.45) is 0 Å². The third kappa shape index (κ3) is 5.61. The van der Waals surface area contributed by atoms with Gasteiger partial charge in [-0.05, 0) is 37.9 Å². The molecule has 5 heteroatoms. The van der Waals surface area contributed by atoms with Crippen LogP contribution in [0.3, 0.4) is 0 Å². The second-order valence-corrected chi connectivity index (χ2v) is 6.46.